The van der Waals surface area contributed by atoms with Crippen LogP contribution in [0.15, 0.2) is 30.3 Å². The second-order valence-corrected chi connectivity index (χ2v) is 5.39. The molecule has 2 N–H and O–H groups in total. The smallest absolute Gasteiger partial charge is 0.121 e. The molecule has 0 aliphatic heterocycles. The molecule has 0 aliphatic rings. The van der Waals surface area contributed by atoms with Crippen LogP contribution in [-0.2, 0) is 13.0 Å². The van der Waals surface area contributed by atoms with Crippen molar-refractivity contribution in [3.05, 3.63) is 58.1 Å². The molecule has 0 heterocycles. The molecule has 0 aromatic heterocycles. The zero-order valence-corrected chi connectivity index (χ0v) is 12.7. The van der Waals surface area contributed by atoms with E-state index in [0.717, 1.165) is 24.1 Å². The highest BCUT2D eigenvalue weighted by Crippen LogP contribution is 2.25. The van der Waals surface area contributed by atoms with Crippen molar-refractivity contribution in [1.82, 2.24) is 0 Å². The van der Waals surface area contributed by atoms with Gasteiger partial charge in [-0.05, 0) is 55.0 Å². The summed E-state index contributed by atoms with van der Waals surface area (Å²) >= 11 is 0. The predicted octanol–water partition coefficient (Wildman–Crippen LogP) is 4.49. The fraction of sp³-hybridized carbons (Fsp3) is 0.333. The molecule has 0 atom stereocenters. The number of nitrogens with one attached hydrogen (secondary N) is 1. The minimum Gasteiger partial charge on any atom is -0.507 e. The van der Waals surface area contributed by atoms with Crippen LogP contribution in [0, 0.1) is 20.8 Å². The van der Waals surface area contributed by atoms with Crippen molar-refractivity contribution in [2.24, 2.45) is 0 Å². The molecule has 2 aromatic carbocycles. The van der Waals surface area contributed by atoms with E-state index in [0.29, 0.717) is 5.75 Å². The van der Waals surface area contributed by atoms with Gasteiger partial charge in [0.05, 0.1) is 0 Å². The van der Waals surface area contributed by atoms with E-state index in [1.165, 1.54) is 22.4 Å². The van der Waals surface area contributed by atoms with Gasteiger partial charge in [0.25, 0.3) is 0 Å². The molecule has 0 saturated heterocycles. The fourth-order valence-electron chi connectivity index (χ4n) is 2.61. The Morgan fingerprint density at radius 3 is 2.25 bits per heavy atom. The van der Waals surface area contributed by atoms with Crippen LogP contribution in [0.5, 0.6) is 5.75 Å². The average Bonchev–Trinajstić information content (AvgIpc) is 2.43. The molecule has 106 valence electrons. The van der Waals surface area contributed by atoms with E-state index in [4.69, 9.17) is 0 Å². The van der Waals surface area contributed by atoms with Crippen LogP contribution in [-0.4, -0.2) is 5.11 Å². The number of phenolic OH excluding ortho intramolecular Hbond substituents is 1. The molecule has 2 rings (SSSR count). The number of aryl methyl sites for hydroxylation is 4. The Kier molecular flexibility index (Phi) is 4.33. The lowest BCUT2D eigenvalue weighted by atomic mass is 10.0. The molecule has 0 spiro atoms. The van der Waals surface area contributed by atoms with Crippen molar-refractivity contribution in [3.8, 4) is 5.75 Å². The molecule has 0 bridgehead atoms. The standard InChI is InChI=1S/C18H23NO/c1-5-16-8-6-7-12(2)17(16)19-11-15-9-13(3)18(20)14(4)10-15/h6-10,19-20H,5,11H2,1-4H3. The minimum absolute atomic E-state index is 0.402. The third-order valence-electron chi connectivity index (χ3n) is 3.76. The van der Waals surface area contributed by atoms with E-state index in [2.05, 4.69) is 37.4 Å². The summed E-state index contributed by atoms with van der Waals surface area (Å²) in [5, 5.41) is 13.4. The van der Waals surface area contributed by atoms with E-state index >= 15 is 0 Å². The van der Waals surface area contributed by atoms with Crippen molar-refractivity contribution in [2.45, 2.75) is 40.7 Å². The molecular weight excluding hydrogens is 246 g/mol. The lowest BCUT2D eigenvalue weighted by Gasteiger charge is -2.15. The Morgan fingerprint density at radius 1 is 1.00 bits per heavy atom. The lowest BCUT2D eigenvalue weighted by molar-refractivity contribution is 0.466. The maximum absolute atomic E-state index is 9.82. The molecule has 0 radical (unpaired) electrons. The maximum Gasteiger partial charge on any atom is 0.121 e. The first-order valence-electron chi connectivity index (χ1n) is 7.14. The quantitative estimate of drug-likeness (QED) is 0.857. The number of hydrogen-bond donors (Lipinski definition) is 2. The highest BCUT2D eigenvalue weighted by Gasteiger charge is 2.06. The third-order valence-corrected chi connectivity index (χ3v) is 3.76. The third kappa shape index (κ3) is 2.96. The first-order valence-corrected chi connectivity index (χ1v) is 7.14. The number of anilines is 1. The Bertz CT molecular complexity index is 594. The first kappa shape index (κ1) is 14.4. The largest absolute Gasteiger partial charge is 0.507 e. The van der Waals surface area contributed by atoms with E-state index in [-0.39, 0.29) is 0 Å². The van der Waals surface area contributed by atoms with Crippen molar-refractivity contribution < 1.29 is 5.11 Å². The second kappa shape index (κ2) is 6.00. The van der Waals surface area contributed by atoms with Gasteiger partial charge in [0.15, 0.2) is 0 Å². The topological polar surface area (TPSA) is 32.3 Å². The van der Waals surface area contributed by atoms with Crippen LogP contribution in [0.3, 0.4) is 0 Å². The fourth-order valence-corrected chi connectivity index (χ4v) is 2.61. The molecule has 0 amide bonds. The van der Waals surface area contributed by atoms with Gasteiger partial charge in [0.2, 0.25) is 0 Å². The molecule has 2 aromatic rings. The van der Waals surface area contributed by atoms with Gasteiger partial charge in [0.1, 0.15) is 5.75 Å². The summed E-state index contributed by atoms with van der Waals surface area (Å²) < 4.78 is 0. The van der Waals surface area contributed by atoms with Crippen LogP contribution in [0.1, 0.15) is 34.7 Å². The summed E-state index contributed by atoms with van der Waals surface area (Å²) in [7, 11) is 0. The van der Waals surface area contributed by atoms with Gasteiger partial charge in [0, 0.05) is 12.2 Å². The van der Waals surface area contributed by atoms with Crippen molar-refractivity contribution >= 4 is 5.69 Å². The van der Waals surface area contributed by atoms with E-state index in [1.807, 2.05) is 26.0 Å². The molecule has 2 nitrogen and oxygen atoms in total. The van der Waals surface area contributed by atoms with Crippen LogP contribution < -0.4 is 5.32 Å². The minimum atomic E-state index is 0.402. The number of rotatable bonds is 4. The number of aromatic hydroxyl groups is 1. The zero-order valence-electron chi connectivity index (χ0n) is 12.7. The van der Waals surface area contributed by atoms with E-state index < -0.39 is 0 Å². The number of hydrogen-bond acceptors (Lipinski definition) is 2. The summed E-state index contributed by atoms with van der Waals surface area (Å²) in [6, 6.07) is 10.5. The molecule has 0 fully saturated rings. The van der Waals surface area contributed by atoms with Gasteiger partial charge in [-0.1, -0.05) is 37.3 Å². The van der Waals surface area contributed by atoms with Gasteiger partial charge in [-0.3, -0.25) is 0 Å². The van der Waals surface area contributed by atoms with Gasteiger partial charge >= 0.3 is 0 Å². The highest BCUT2D eigenvalue weighted by molar-refractivity contribution is 5.57. The summed E-state index contributed by atoms with van der Waals surface area (Å²) in [6.45, 7) is 8.97. The van der Waals surface area contributed by atoms with Crippen molar-refractivity contribution in [1.29, 1.82) is 0 Å². The number of phenols is 1. The Hall–Kier alpha value is -1.96. The maximum atomic E-state index is 9.82. The SMILES string of the molecule is CCc1cccc(C)c1NCc1cc(C)c(O)c(C)c1. The van der Waals surface area contributed by atoms with Crippen LogP contribution in [0.4, 0.5) is 5.69 Å². The predicted molar refractivity (Wildman–Crippen MR) is 85.5 cm³/mol. The van der Waals surface area contributed by atoms with Gasteiger partial charge in [-0.2, -0.15) is 0 Å². The van der Waals surface area contributed by atoms with Gasteiger partial charge in [-0.25, -0.2) is 0 Å². The van der Waals surface area contributed by atoms with Gasteiger partial charge in [-0.15, -0.1) is 0 Å². The Morgan fingerprint density at radius 2 is 1.65 bits per heavy atom. The summed E-state index contributed by atoms with van der Waals surface area (Å²) in [6.07, 6.45) is 1.03. The van der Waals surface area contributed by atoms with Crippen LogP contribution >= 0.6 is 0 Å². The van der Waals surface area contributed by atoms with E-state index in [9.17, 15) is 5.11 Å². The molecule has 0 aliphatic carbocycles. The summed E-state index contributed by atoms with van der Waals surface area (Å²) in [5.41, 5.74) is 6.92. The number of para-hydroxylation sites is 1. The monoisotopic (exact) mass is 269 g/mol. The Labute approximate surface area is 121 Å². The first-order chi connectivity index (χ1) is 9.52. The molecule has 20 heavy (non-hydrogen) atoms. The normalized spacial score (nSPS) is 10.6. The molecule has 0 unspecified atom stereocenters. The van der Waals surface area contributed by atoms with Crippen LogP contribution in [0.2, 0.25) is 0 Å². The van der Waals surface area contributed by atoms with Crippen LogP contribution in [0.25, 0.3) is 0 Å². The van der Waals surface area contributed by atoms with E-state index in [1.54, 1.807) is 0 Å². The molecule has 0 saturated carbocycles. The van der Waals surface area contributed by atoms with Crippen molar-refractivity contribution in [3.63, 3.8) is 0 Å². The Balaban J connectivity index is 2.21. The molecular formula is C18H23NO. The number of benzene rings is 2. The summed E-state index contributed by atoms with van der Waals surface area (Å²) in [5.74, 6) is 0.402. The van der Waals surface area contributed by atoms with Crippen molar-refractivity contribution in [2.75, 3.05) is 5.32 Å². The second-order valence-electron chi connectivity index (χ2n) is 5.39. The zero-order chi connectivity index (χ0) is 14.7. The highest BCUT2D eigenvalue weighted by atomic mass is 16.3. The molecule has 2 heteroatoms. The van der Waals surface area contributed by atoms with Gasteiger partial charge < -0.3 is 10.4 Å². The lowest BCUT2D eigenvalue weighted by Crippen LogP contribution is -2.04. The average molecular weight is 269 g/mol. The summed E-state index contributed by atoms with van der Waals surface area (Å²) in [4.78, 5) is 0.